The van der Waals surface area contributed by atoms with E-state index in [2.05, 4.69) is 18.0 Å². The molecule has 3 aromatic rings. The van der Waals surface area contributed by atoms with Gasteiger partial charge in [-0.3, -0.25) is 4.79 Å². The molecule has 1 aliphatic rings. The van der Waals surface area contributed by atoms with Crippen molar-refractivity contribution in [3.63, 3.8) is 0 Å². The van der Waals surface area contributed by atoms with E-state index in [9.17, 15) is 4.79 Å². The van der Waals surface area contributed by atoms with Crippen LogP contribution in [0, 0.1) is 6.92 Å². The lowest BCUT2D eigenvalue weighted by Crippen LogP contribution is -2.36. The number of nitrogens with zero attached hydrogens (tertiary/aromatic N) is 2. The summed E-state index contributed by atoms with van der Waals surface area (Å²) < 4.78 is 5.88. The number of oxazole rings is 1. The molecule has 1 aliphatic heterocycles. The molecule has 0 spiro atoms. The molecule has 2 aromatic heterocycles. The Hall–Kier alpha value is -2.40. The molecule has 4 nitrogen and oxygen atoms in total. The number of carbonyl (C=O) groups is 1. The number of piperidine rings is 1. The molecule has 0 unspecified atom stereocenters. The fourth-order valence-electron chi connectivity index (χ4n) is 3.21. The molecule has 0 saturated carbocycles. The van der Waals surface area contributed by atoms with Crippen LogP contribution in [0.25, 0.3) is 17.2 Å². The summed E-state index contributed by atoms with van der Waals surface area (Å²) in [5.41, 5.74) is 1.75. The number of rotatable bonds is 3. The summed E-state index contributed by atoms with van der Waals surface area (Å²) in [6.45, 7) is 3.56. The highest BCUT2D eigenvalue weighted by molar-refractivity contribution is 7.12. The van der Waals surface area contributed by atoms with Crippen LogP contribution in [0.15, 0.2) is 46.9 Å². The van der Waals surface area contributed by atoms with Crippen LogP contribution in [-0.4, -0.2) is 28.9 Å². The molecule has 0 bridgehead atoms. The van der Waals surface area contributed by atoms with Crippen LogP contribution in [0.2, 0.25) is 0 Å². The van der Waals surface area contributed by atoms with E-state index in [1.54, 1.807) is 17.4 Å². The van der Waals surface area contributed by atoms with Crippen LogP contribution in [0.4, 0.5) is 0 Å². The summed E-state index contributed by atoms with van der Waals surface area (Å²) >= 11 is 1.70. The minimum absolute atomic E-state index is 0.0852. The number of amides is 1. The Balaban J connectivity index is 1.37. The van der Waals surface area contributed by atoms with E-state index in [0.29, 0.717) is 5.92 Å². The van der Waals surface area contributed by atoms with Crippen molar-refractivity contribution in [1.29, 1.82) is 0 Å². The molecule has 1 amide bonds. The van der Waals surface area contributed by atoms with Crippen LogP contribution in [0.1, 0.15) is 34.4 Å². The number of aromatic nitrogens is 1. The zero-order valence-electron chi connectivity index (χ0n) is 14.1. The fraction of sp³-hybridized carbons (Fsp3) is 0.300. The molecule has 5 heteroatoms. The van der Waals surface area contributed by atoms with Crippen molar-refractivity contribution >= 4 is 34.4 Å². The van der Waals surface area contributed by atoms with Gasteiger partial charge in [-0.05, 0) is 50.1 Å². The first-order valence-corrected chi connectivity index (χ1v) is 9.39. The molecule has 0 N–H and O–H groups in total. The van der Waals surface area contributed by atoms with Crippen LogP contribution in [0.3, 0.4) is 0 Å². The average molecular weight is 352 g/mol. The second-order valence-corrected chi connectivity index (χ2v) is 7.72. The summed E-state index contributed by atoms with van der Waals surface area (Å²) in [5.74, 6) is 1.18. The molecule has 25 heavy (non-hydrogen) atoms. The highest BCUT2D eigenvalue weighted by atomic mass is 32.1. The van der Waals surface area contributed by atoms with E-state index in [4.69, 9.17) is 4.42 Å². The molecule has 1 aromatic carbocycles. The van der Waals surface area contributed by atoms with Gasteiger partial charge in [0.25, 0.3) is 0 Å². The smallest absolute Gasteiger partial charge is 0.246 e. The number of likely N-dealkylation sites (tertiary alicyclic amines) is 1. The molecule has 3 heterocycles. The van der Waals surface area contributed by atoms with Crippen LogP contribution in [0.5, 0.6) is 0 Å². The molecule has 4 rings (SSSR count). The quantitative estimate of drug-likeness (QED) is 0.646. The monoisotopic (exact) mass is 352 g/mol. The van der Waals surface area contributed by atoms with Crippen molar-refractivity contribution in [2.24, 2.45) is 0 Å². The van der Waals surface area contributed by atoms with Crippen LogP contribution < -0.4 is 0 Å². The predicted molar refractivity (Wildman–Crippen MR) is 101 cm³/mol. The highest BCUT2D eigenvalue weighted by Gasteiger charge is 2.26. The SMILES string of the molecule is Cc1ccc(C=CC(=O)N2CCC(c3nc4ccccc4o3)CC2)s1. The minimum Gasteiger partial charge on any atom is -0.440 e. The van der Waals surface area contributed by atoms with Gasteiger partial charge in [0.15, 0.2) is 11.5 Å². The molecule has 0 atom stereocenters. The van der Waals surface area contributed by atoms with Gasteiger partial charge in [-0.25, -0.2) is 4.98 Å². The lowest BCUT2D eigenvalue weighted by Gasteiger charge is -2.29. The van der Waals surface area contributed by atoms with E-state index in [0.717, 1.165) is 47.8 Å². The maximum atomic E-state index is 12.4. The lowest BCUT2D eigenvalue weighted by molar-refractivity contribution is -0.127. The maximum Gasteiger partial charge on any atom is 0.246 e. The maximum absolute atomic E-state index is 12.4. The second-order valence-electron chi connectivity index (χ2n) is 6.40. The topological polar surface area (TPSA) is 46.3 Å². The summed E-state index contributed by atoms with van der Waals surface area (Å²) in [6, 6.07) is 12.0. The number of para-hydroxylation sites is 2. The largest absolute Gasteiger partial charge is 0.440 e. The van der Waals surface area contributed by atoms with E-state index < -0.39 is 0 Å². The first kappa shape index (κ1) is 16.1. The molecule has 0 aliphatic carbocycles. The van der Waals surface area contributed by atoms with Crippen LogP contribution >= 0.6 is 11.3 Å². The molecule has 1 saturated heterocycles. The second kappa shape index (κ2) is 6.84. The van der Waals surface area contributed by atoms with Gasteiger partial charge >= 0.3 is 0 Å². The van der Waals surface area contributed by atoms with Crippen molar-refractivity contribution < 1.29 is 9.21 Å². The summed E-state index contributed by atoms with van der Waals surface area (Å²) in [7, 11) is 0. The van der Waals surface area contributed by atoms with Crippen LogP contribution in [-0.2, 0) is 4.79 Å². The van der Waals surface area contributed by atoms with Gasteiger partial charge in [0, 0.05) is 34.8 Å². The Kier molecular flexibility index (Phi) is 4.40. The first-order chi connectivity index (χ1) is 12.2. The third-order valence-electron chi connectivity index (χ3n) is 4.62. The van der Waals surface area contributed by atoms with Gasteiger partial charge in [0.05, 0.1) is 0 Å². The molecule has 128 valence electrons. The van der Waals surface area contributed by atoms with Crippen molar-refractivity contribution in [3.8, 4) is 0 Å². The van der Waals surface area contributed by atoms with Gasteiger partial charge in [-0.1, -0.05) is 12.1 Å². The first-order valence-electron chi connectivity index (χ1n) is 8.58. The average Bonchev–Trinajstić information content (AvgIpc) is 3.25. The number of benzene rings is 1. The van der Waals surface area contributed by atoms with Gasteiger partial charge in [-0.2, -0.15) is 0 Å². The molecular formula is C20H20N2O2S. The number of aryl methyl sites for hydroxylation is 1. The van der Waals surface area contributed by atoms with Crippen molar-refractivity contribution in [3.05, 3.63) is 58.1 Å². The Morgan fingerprint density at radius 1 is 1.24 bits per heavy atom. The van der Waals surface area contributed by atoms with Gasteiger partial charge in [0.1, 0.15) is 5.52 Å². The van der Waals surface area contributed by atoms with E-state index in [1.165, 1.54) is 4.88 Å². The van der Waals surface area contributed by atoms with Gasteiger partial charge in [0.2, 0.25) is 5.91 Å². The van der Waals surface area contributed by atoms with Crippen molar-refractivity contribution in [2.75, 3.05) is 13.1 Å². The minimum atomic E-state index is 0.0852. The van der Waals surface area contributed by atoms with Gasteiger partial charge in [-0.15, -0.1) is 11.3 Å². The fourth-order valence-corrected chi connectivity index (χ4v) is 3.99. The zero-order chi connectivity index (χ0) is 17.2. The third-order valence-corrected chi connectivity index (χ3v) is 5.58. The Bertz CT molecular complexity index is 884. The zero-order valence-corrected chi connectivity index (χ0v) is 15.0. The Morgan fingerprint density at radius 3 is 2.76 bits per heavy atom. The highest BCUT2D eigenvalue weighted by Crippen LogP contribution is 2.30. The molecule has 0 radical (unpaired) electrons. The lowest BCUT2D eigenvalue weighted by atomic mass is 9.97. The number of hydrogen-bond donors (Lipinski definition) is 0. The van der Waals surface area contributed by atoms with E-state index in [-0.39, 0.29) is 5.91 Å². The Morgan fingerprint density at radius 2 is 2.04 bits per heavy atom. The molecule has 1 fully saturated rings. The summed E-state index contributed by atoms with van der Waals surface area (Å²) in [6.07, 6.45) is 5.38. The summed E-state index contributed by atoms with van der Waals surface area (Å²) in [4.78, 5) is 21.3. The van der Waals surface area contributed by atoms with E-state index in [1.807, 2.05) is 41.3 Å². The summed E-state index contributed by atoms with van der Waals surface area (Å²) in [5, 5.41) is 0. The van der Waals surface area contributed by atoms with E-state index >= 15 is 0 Å². The number of thiophene rings is 1. The number of hydrogen-bond acceptors (Lipinski definition) is 4. The standard InChI is InChI=1S/C20H20N2O2S/c1-14-6-7-16(25-14)8-9-19(23)22-12-10-15(11-13-22)20-21-17-4-2-3-5-18(17)24-20/h2-9,15H,10-13H2,1H3. The normalized spacial score (nSPS) is 16.1. The predicted octanol–water partition coefficient (Wildman–Crippen LogP) is 4.62. The number of fused-ring (bicyclic) bond motifs is 1. The Labute approximate surface area is 150 Å². The van der Waals surface area contributed by atoms with Crippen molar-refractivity contribution in [2.45, 2.75) is 25.7 Å². The number of carbonyl (C=O) groups excluding carboxylic acids is 1. The molecular weight excluding hydrogens is 332 g/mol. The van der Waals surface area contributed by atoms with Gasteiger partial charge < -0.3 is 9.32 Å². The van der Waals surface area contributed by atoms with Crippen molar-refractivity contribution in [1.82, 2.24) is 9.88 Å². The third kappa shape index (κ3) is 3.51.